The molecule has 0 aliphatic rings. The number of hydrogen-bond acceptors (Lipinski definition) is 5. The molecular formula is C17H16N2O3S. The van der Waals surface area contributed by atoms with Crippen LogP contribution in [0.4, 0.5) is 5.13 Å². The van der Waals surface area contributed by atoms with Crippen molar-refractivity contribution >= 4 is 32.6 Å². The highest BCUT2D eigenvalue weighted by molar-refractivity contribution is 7.22. The molecule has 0 bridgehead atoms. The van der Waals surface area contributed by atoms with E-state index < -0.39 is 0 Å². The first kappa shape index (κ1) is 15.3. The Morgan fingerprint density at radius 2 is 1.91 bits per heavy atom. The number of methoxy groups -OCH3 is 2. The Bertz CT molecular complexity index is 827. The Labute approximate surface area is 137 Å². The van der Waals surface area contributed by atoms with Crippen molar-refractivity contribution in [2.24, 2.45) is 0 Å². The van der Waals surface area contributed by atoms with Crippen molar-refractivity contribution in [1.29, 1.82) is 0 Å². The number of benzene rings is 2. The maximum Gasteiger partial charge on any atom is 0.230 e. The molecule has 6 heteroatoms. The van der Waals surface area contributed by atoms with Gasteiger partial charge < -0.3 is 14.8 Å². The number of amides is 1. The molecule has 0 spiro atoms. The minimum atomic E-state index is -0.104. The van der Waals surface area contributed by atoms with E-state index in [1.165, 1.54) is 11.3 Å². The van der Waals surface area contributed by atoms with E-state index >= 15 is 0 Å². The summed E-state index contributed by atoms with van der Waals surface area (Å²) in [5, 5.41) is 3.41. The third kappa shape index (κ3) is 3.43. The summed E-state index contributed by atoms with van der Waals surface area (Å²) in [6, 6.07) is 13.1. The zero-order valence-corrected chi connectivity index (χ0v) is 13.6. The number of nitrogens with one attached hydrogen (secondary N) is 1. The Balaban J connectivity index is 1.72. The molecule has 0 saturated carbocycles. The minimum absolute atomic E-state index is 0.104. The molecule has 1 N–H and O–H groups in total. The van der Waals surface area contributed by atoms with Crippen LogP contribution in [0, 0.1) is 0 Å². The number of hydrogen-bond donors (Lipinski definition) is 1. The molecule has 5 nitrogen and oxygen atoms in total. The van der Waals surface area contributed by atoms with Crippen molar-refractivity contribution in [2.75, 3.05) is 19.5 Å². The van der Waals surface area contributed by atoms with Crippen LogP contribution in [0.2, 0.25) is 0 Å². The molecule has 0 aliphatic carbocycles. The second-order valence-electron chi connectivity index (χ2n) is 4.90. The van der Waals surface area contributed by atoms with Gasteiger partial charge in [0.2, 0.25) is 5.91 Å². The molecule has 0 radical (unpaired) electrons. The Hall–Kier alpha value is -2.60. The van der Waals surface area contributed by atoms with E-state index in [1.807, 2.05) is 42.5 Å². The lowest BCUT2D eigenvalue weighted by molar-refractivity contribution is -0.115. The molecular weight excluding hydrogens is 312 g/mol. The number of fused-ring (bicyclic) bond motifs is 1. The first-order valence-corrected chi connectivity index (χ1v) is 7.87. The molecule has 0 fully saturated rings. The minimum Gasteiger partial charge on any atom is -0.497 e. The van der Waals surface area contributed by atoms with Crippen molar-refractivity contribution < 1.29 is 14.3 Å². The van der Waals surface area contributed by atoms with Crippen molar-refractivity contribution in [2.45, 2.75) is 6.42 Å². The van der Waals surface area contributed by atoms with Gasteiger partial charge in [0.05, 0.1) is 25.3 Å². The number of ether oxygens (including phenoxy) is 2. The highest BCUT2D eigenvalue weighted by Gasteiger charge is 2.11. The van der Waals surface area contributed by atoms with Crippen LogP contribution in [0.15, 0.2) is 42.5 Å². The molecule has 0 aliphatic heterocycles. The summed E-state index contributed by atoms with van der Waals surface area (Å²) in [7, 11) is 3.22. The predicted molar refractivity (Wildman–Crippen MR) is 91.5 cm³/mol. The fourth-order valence-corrected chi connectivity index (χ4v) is 3.13. The van der Waals surface area contributed by atoms with Gasteiger partial charge in [-0.2, -0.15) is 0 Å². The number of para-hydroxylation sites is 1. The lowest BCUT2D eigenvalue weighted by Gasteiger charge is -2.03. The van der Waals surface area contributed by atoms with Gasteiger partial charge in [0.25, 0.3) is 0 Å². The Kier molecular flexibility index (Phi) is 4.43. The van der Waals surface area contributed by atoms with Crippen molar-refractivity contribution in [3.8, 4) is 11.5 Å². The largest absolute Gasteiger partial charge is 0.497 e. The summed E-state index contributed by atoms with van der Waals surface area (Å²) >= 11 is 1.43. The molecule has 23 heavy (non-hydrogen) atoms. The van der Waals surface area contributed by atoms with Crippen LogP contribution in [0.5, 0.6) is 11.5 Å². The van der Waals surface area contributed by atoms with Crippen LogP contribution in [-0.4, -0.2) is 25.1 Å². The molecule has 1 amide bonds. The summed E-state index contributed by atoms with van der Waals surface area (Å²) in [4.78, 5) is 16.6. The summed E-state index contributed by atoms with van der Waals surface area (Å²) in [6.45, 7) is 0. The number of carbonyl (C=O) groups excluding carboxylic acids is 1. The second kappa shape index (κ2) is 6.66. The van der Waals surface area contributed by atoms with Gasteiger partial charge in [-0.1, -0.05) is 29.5 Å². The third-order valence-electron chi connectivity index (χ3n) is 3.37. The molecule has 2 aromatic carbocycles. The predicted octanol–water partition coefficient (Wildman–Crippen LogP) is 3.49. The molecule has 0 unspecified atom stereocenters. The number of aromatic nitrogens is 1. The van der Waals surface area contributed by atoms with Gasteiger partial charge >= 0.3 is 0 Å². The average molecular weight is 328 g/mol. The fraction of sp³-hybridized carbons (Fsp3) is 0.176. The van der Waals surface area contributed by atoms with E-state index in [4.69, 9.17) is 9.47 Å². The zero-order chi connectivity index (χ0) is 16.2. The highest BCUT2D eigenvalue weighted by Crippen LogP contribution is 2.32. The average Bonchev–Trinajstić information content (AvgIpc) is 2.97. The Morgan fingerprint density at radius 3 is 2.61 bits per heavy atom. The molecule has 1 heterocycles. The van der Waals surface area contributed by atoms with E-state index in [-0.39, 0.29) is 12.3 Å². The fourth-order valence-electron chi connectivity index (χ4n) is 2.23. The first-order chi connectivity index (χ1) is 11.2. The normalized spacial score (nSPS) is 10.5. The topological polar surface area (TPSA) is 60.5 Å². The third-order valence-corrected chi connectivity index (χ3v) is 4.31. The summed E-state index contributed by atoms with van der Waals surface area (Å²) in [5.74, 6) is 1.37. The van der Waals surface area contributed by atoms with Crippen LogP contribution in [0.3, 0.4) is 0 Å². The van der Waals surface area contributed by atoms with Crippen molar-refractivity contribution in [1.82, 2.24) is 4.98 Å². The number of rotatable bonds is 5. The number of thiazole rings is 1. The maximum atomic E-state index is 12.2. The number of nitrogens with zero attached hydrogens (tertiary/aromatic N) is 1. The summed E-state index contributed by atoms with van der Waals surface area (Å²) < 4.78 is 11.4. The van der Waals surface area contributed by atoms with Gasteiger partial charge in [-0.15, -0.1) is 0 Å². The van der Waals surface area contributed by atoms with Crippen LogP contribution >= 0.6 is 11.3 Å². The van der Waals surface area contributed by atoms with E-state index in [0.717, 1.165) is 21.5 Å². The lowest BCUT2D eigenvalue weighted by Crippen LogP contribution is -2.14. The highest BCUT2D eigenvalue weighted by atomic mass is 32.1. The molecule has 3 aromatic rings. The van der Waals surface area contributed by atoms with Crippen LogP contribution < -0.4 is 14.8 Å². The second-order valence-corrected chi connectivity index (χ2v) is 5.93. The van der Waals surface area contributed by atoms with E-state index in [9.17, 15) is 4.79 Å². The summed E-state index contributed by atoms with van der Waals surface area (Å²) in [6.07, 6.45) is 0.289. The quantitative estimate of drug-likeness (QED) is 0.779. The maximum absolute atomic E-state index is 12.2. The van der Waals surface area contributed by atoms with Gasteiger partial charge in [0.15, 0.2) is 5.13 Å². The standard InChI is InChI=1S/C17H16N2O3S/c1-21-12-8-6-11(7-9-12)10-15(20)18-17-19-16-13(22-2)4-3-5-14(16)23-17/h3-9H,10H2,1-2H3,(H,18,19,20). The molecule has 0 atom stereocenters. The van der Waals surface area contributed by atoms with Gasteiger partial charge in [-0.25, -0.2) is 4.98 Å². The van der Waals surface area contributed by atoms with Gasteiger partial charge in [-0.3, -0.25) is 4.79 Å². The molecule has 3 rings (SSSR count). The van der Waals surface area contributed by atoms with Gasteiger partial charge in [0.1, 0.15) is 17.0 Å². The lowest BCUT2D eigenvalue weighted by atomic mass is 10.1. The molecule has 0 saturated heterocycles. The van der Waals surface area contributed by atoms with Gasteiger partial charge in [0, 0.05) is 0 Å². The molecule has 1 aromatic heterocycles. The van der Waals surface area contributed by atoms with E-state index in [1.54, 1.807) is 14.2 Å². The molecule has 118 valence electrons. The number of carbonyl (C=O) groups is 1. The first-order valence-electron chi connectivity index (χ1n) is 7.06. The SMILES string of the molecule is COc1ccc(CC(=O)Nc2nc3c(OC)cccc3s2)cc1. The van der Waals surface area contributed by atoms with E-state index in [2.05, 4.69) is 10.3 Å². The van der Waals surface area contributed by atoms with Gasteiger partial charge in [-0.05, 0) is 29.8 Å². The van der Waals surface area contributed by atoms with Crippen LogP contribution in [0.25, 0.3) is 10.2 Å². The van der Waals surface area contributed by atoms with Crippen molar-refractivity contribution in [3.05, 3.63) is 48.0 Å². The number of anilines is 1. The monoisotopic (exact) mass is 328 g/mol. The van der Waals surface area contributed by atoms with Crippen LogP contribution in [-0.2, 0) is 11.2 Å². The zero-order valence-electron chi connectivity index (χ0n) is 12.8. The van der Waals surface area contributed by atoms with E-state index in [0.29, 0.717) is 10.9 Å². The summed E-state index contributed by atoms with van der Waals surface area (Å²) in [5.41, 5.74) is 1.68. The van der Waals surface area contributed by atoms with Crippen LogP contribution in [0.1, 0.15) is 5.56 Å². The Morgan fingerprint density at radius 1 is 1.13 bits per heavy atom. The smallest absolute Gasteiger partial charge is 0.230 e. The van der Waals surface area contributed by atoms with Crippen molar-refractivity contribution in [3.63, 3.8) is 0 Å².